The fourth-order valence-electron chi connectivity index (χ4n) is 6.52. The first kappa shape index (κ1) is 33.0. The van der Waals surface area contributed by atoms with Gasteiger partial charge in [0.15, 0.2) is 0 Å². The van der Waals surface area contributed by atoms with Gasteiger partial charge < -0.3 is 4.90 Å². The number of rotatable bonds is 3. The summed E-state index contributed by atoms with van der Waals surface area (Å²) in [6, 6.07) is 8.98. The minimum atomic E-state index is -5.97. The van der Waals surface area contributed by atoms with Crippen molar-refractivity contribution in [3.8, 4) is 0 Å². The summed E-state index contributed by atoms with van der Waals surface area (Å²) in [6.07, 6.45) is -11.9. The number of halogens is 6. The number of benzene rings is 3. The van der Waals surface area contributed by atoms with Crippen molar-refractivity contribution >= 4 is 29.1 Å². The van der Waals surface area contributed by atoms with E-state index in [4.69, 9.17) is 0 Å². The molecule has 2 heterocycles. The lowest BCUT2D eigenvalue weighted by atomic mass is 9.71. The van der Waals surface area contributed by atoms with E-state index in [0.29, 0.717) is 24.3 Å². The Kier molecular flexibility index (Phi) is 7.20. The van der Waals surface area contributed by atoms with Crippen LogP contribution >= 0.6 is 0 Å². The summed E-state index contributed by atoms with van der Waals surface area (Å²) in [5, 5.41) is 0. The number of aryl methyl sites for hydroxylation is 1. The van der Waals surface area contributed by atoms with E-state index in [1.807, 2.05) is 27.7 Å². The molecular weight excluding hydrogens is 610 g/mol. The van der Waals surface area contributed by atoms with E-state index in [1.54, 1.807) is 32.9 Å². The lowest BCUT2D eigenvalue weighted by Gasteiger charge is -2.38. The summed E-state index contributed by atoms with van der Waals surface area (Å²) in [7, 11) is 0. The number of carbonyl (C=O) groups excluding carboxylic acids is 3. The fourth-order valence-corrected chi connectivity index (χ4v) is 6.52. The molecule has 0 radical (unpaired) electrons. The van der Waals surface area contributed by atoms with Crippen LogP contribution in [0.15, 0.2) is 61.2 Å². The number of hydrogen-bond acceptors (Lipinski definition) is 3. The van der Waals surface area contributed by atoms with E-state index in [2.05, 4.69) is 6.58 Å². The highest BCUT2D eigenvalue weighted by atomic mass is 19.4. The first-order valence-electron chi connectivity index (χ1n) is 14.4. The average molecular weight is 643 g/mol. The Bertz CT molecular complexity index is 1830. The van der Waals surface area contributed by atoms with Crippen LogP contribution in [0.2, 0.25) is 0 Å². The zero-order valence-corrected chi connectivity index (χ0v) is 26.3. The van der Waals surface area contributed by atoms with Gasteiger partial charge >= 0.3 is 12.4 Å². The first-order chi connectivity index (χ1) is 20.9. The first-order valence-corrected chi connectivity index (χ1v) is 14.4. The molecule has 46 heavy (non-hydrogen) atoms. The van der Waals surface area contributed by atoms with Gasteiger partial charge in [0, 0.05) is 22.4 Å². The van der Waals surface area contributed by atoms with Gasteiger partial charge in [-0.05, 0) is 91.8 Å². The number of alkyl halides is 6. The molecule has 2 aliphatic rings. The second-order valence-corrected chi connectivity index (χ2v) is 13.7. The van der Waals surface area contributed by atoms with Crippen molar-refractivity contribution in [2.75, 3.05) is 4.90 Å². The summed E-state index contributed by atoms with van der Waals surface area (Å²) < 4.78 is 90.7. The molecule has 3 aromatic rings. The Morgan fingerprint density at radius 2 is 1.09 bits per heavy atom. The highest BCUT2D eigenvalue weighted by Crippen LogP contribution is 2.57. The van der Waals surface area contributed by atoms with Crippen molar-refractivity contribution in [2.45, 2.75) is 77.2 Å². The third kappa shape index (κ3) is 4.65. The standard InChI is InChI=1S/C35H32F6N2O3/c1-18-9-12-22(17-27(18)31(3,4)5)42-28(44)24-14-11-21(16-26(24)29(42)45)33(34(36,37)38,35(39,40)41)20-10-13-23-25(15-20)19(2)43(30(23)46)32(6,7)8/h9-17H,2H2,1,3-8H3. The fraction of sp³-hybridized carbons (Fsp3) is 0.343. The monoisotopic (exact) mass is 642 g/mol. The zero-order chi connectivity index (χ0) is 34.5. The van der Waals surface area contributed by atoms with E-state index in [9.17, 15) is 14.4 Å². The van der Waals surface area contributed by atoms with Gasteiger partial charge in [-0.25, -0.2) is 4.90 Å². The highest BCUT2D eigenvalue weighted by molar-refractivity contribution is 6.34. The number of hydrogen-bond donors (Lipinski definition) is 0. The number of amides is 3. The van der Waals surface area contributed by atoms with E-state index in [-0.39, 0.29) is 33.5 Å². The van der Waals surface area contributed by atoms with Crippen LogP contribution in [0.4, 0.5) is 32.0 Å². The summed E-state index contributed by atoms with van der Waals surface area (Å²) in [4.78, 5) is 42.1. The van der Waals surface area contributed by atoms with Crippen molar-refractivity contribution in [3.05, 3.63) is 106 Å². The molecule has 0 spiro atoms. The van der Waals surface area contributed by atoms with Crippen molar-refractivity contribution in [1.29, 1.82) is 0 Å². The predicted octanol–water partition coefficient (Wildman–Crippen LogP) is 8.73. The van der Waals surface area contributed by atoms with Crippen molar-refractivity contribution in [2.24, 2.45) is 0 Å². The molecule has 0 bridgehead atoms. The van der Waals surface area contributed by atoms with Gasteiger partial charge in [0.05, 0.1) is 16.8 Å². The Morgan fingerprint density at radius 3 is 1.57 bits per heavy atom. The Morgan fingerprint density at radius 1 is 0.609 bits per heavy atom. The average Bonchev–Trinajstić information content (AvgIpc) is 3.30. The minimum Gasteiger partial charge on any atom is -0.303 e. The molecule has 0 unspecified atom stereocenters. The highest BCUT2D eigenvalue weighted by Gasteiger charge is 2.73. The van der Waals surface area contributed by atoms with Crippen LogP contribution in [0.5, 0.6) is 0 Å². The maximum atomic E-state index is 15.1. The molecule has 0 atom stereocenters. The molecule has 5 rings (SSSR count). The second kappa shape index (κ2) is 10.0. The van der Waals surface area contributed by atoms with Crippen LogP contribution in [0.3, 0.4) is 0 Å². The van der Waals surface area contributed by atoms with Gasteiger partial charge in [0.1, 0.15) is 0 Å². The van der Waals surface area contributed by atoms with E-state index >= 15 is 26.3 Å². The van der Waals surface area contributed by atoms with Gasteiger partial charge in [-0.1, -0.05) is 45.5 Å². The molecule has 0 saturated carbocycles. The van der Waals surface area contributed by atoms with Gasteiger partial charge in [-0.3, -0.25) is 14.4 Å². The quantitative estimate of drug-likeness (QED) is 0.212. The molecule has 0 aliphatic carbocycles. The molecule has 3 amide bonds. The summed E-state index contributed by atoms with van der Waals surface area (Å²) in [6.45, 7) is 16.4. The van der Waals surface area contributed by atoms with Crippen LogP contribution in [0, 0.1) is 6.92 Å². The van der Waals surface area contributed by atoms with Crippen LogP contribution in [-0.4, -0.2) is 40.5 Å². The molecule has 0 fully saturated rings. The van der Waals surface area contributed by atoms with Crippen LogP contribution in [0.25, 0.3) is 5.70 Å². The zero-order valence-electron chi connectivity index (χ0n) is 26.3. The molecule has 2 aliphatic heterocycles. The van der Waals surface area contributed by atoms with E-state index < -0.39 is 57.7 Å². The Balaban J connectivity index is 1.70. The van der Waals surface area contributed by atoms with Crippen LogP contribution in [0.1, 0.15) is 100 Å². The molecule has 0 N–H and O–H groups in total. The third-order valence-electron chi connectivity index (χ3n) is 8.60. The third-order valence-corrected chi connectivity index (χ3v) is 8.60. The topological polar surface area (TPSA) is 57.7 Å². The normalized spacial score (nSPS) is 16.0. The lowest BCUT2D eigenvalue weighted by molar-refractivity contribution is -0.288. The molecule has 11 heteroatoms. The maximum Gasteiger partial charge on any atom is 0.411 e. The van der Waals surface area contributed by atoms with Crippen LogP contribution in [-0.2, 0) is 10.8 Å². The molecule has 5 nitrogen and oxygen atoms in total. The number of anilines is 1. The van der Waals surface area contributed by atoms with E-state index in [1.165, 1.54) is 11.0 Å². The minimum absolute atomic E-state index is 0.0364. The second-order valence-electron chi connectivity index (χ2n) is 13.7. The van der Waals surface area contributed by atoms with Crippen molar-refractivity contribution in [3.63, 3.8) is 0 Å². The molecule has 0 saturated heterocycles. The number of fused-ring (bicyclic) bond motifs is 2. The maximum absolute atomic E-state index is 15.1. The molecule has 242 valence electrons. The summed E-state index contributed by atoms with van der Waals surface area (Å²) in [5.41, 5.74) is -7.74. The Hall–Kier alpha value is -4.41. The van der Waals surface area contributed by atoms with E-state index in [0.717, 1.165) is 28.2 Å². The van der Waals surface area contributed by atoms with Gasteiger partial charge in [0.25, 0.3) is 17.7 Å². The summed E-state index contributed by atoms with van der Waals surface area (Å²) in [5.74, 6) is -2.51. The SMILES string of the molecule is C=C1c2cc(C(c3ccc4c(c3)C(=O)N(c3ccc(C)c(C(C)(C)C)c3)C4=O)(C(F)(F)F)C(F)(F)F)ccc2C(=O)N1C(C)(C)C. The molecule has 0 aromatic heterocycles. The van der Waals surface area contributed by atoms with Crippen LogP contribution < -0.4 is 4.90 Å². The van der Waals surface area contributed by atoms with Gasteiger partial charge in [0.2, 0.25) is 5.41 Å². The number of imide groups is 1. The lowest BCUT2D eigenvalue weighted by Crippen LogP contribution is -2.54. The molecule has 3 aromatic carbocycles. The molecular formula is C35H32F6N2O3. The van der Waals surface area contributed by atoms with Crippen molar-refractivity contribution in [1.82, 2.24) is 4.90 Å². The van der Waals surface area contributed by atoms with Crippen molar-refractivity contribution < 1.29 is 40.7 Å². The smallest absolute Gasteiger partial charge is 0.303 e. The summed E-state index contributed by atoms with van der Waals surface area (Å²) >= 11 is 0. The Labute approximate surface area is 262 Å². The predicted molar refractivity (Wildman–Crippen MR) is 162 cm³/mol. The largest absolute Gasteiger partial charge is 0.411 e. The number of nitrogens with zero attached hydrogens (tertiary/aromatic N) is 2. The number of carbonyl (C=O) groups is 3. The van der Waals surface area contributed by atoms with Gasteiger partial charge in [-0.2, -0.15) is 26.3 Å². The van der Waals surface area contributed by atoms with Gasteiger partial charge in [-0.15, -0.1) is 0 Å².